The number of anilines is 1. The van der Waals surface area contributed by atoms with Crippen LogP contribution in [0.1, 0.15) is 78.4 Å². The summed E-state index contributed by atoms with van der Waals surface area (Å²) in [6, 6.07) is 0. The summed E-state index contributed by atoms with van der Waals surface area (Å²) in [5, 5.41) is 46.0. The zero-order chi connectivity index (χ0) is 49.7. The number of fused-ring (bicyclic) bond motifs is 1. The van der Waals surface area contributed by atoms with Gasteiger partial charge in [-0.2, -0.15) is 0 Å². The smallest absolute Gasteiger partial charge is 0.274 e. The van der Waals surface area contributed by atoms with Crippen LogP contribution in [0.2, 0.25) is 0 Å². The Hall–Kier alpha value is -2.60. The molecule has 0 aliphatic carbocycles. The molecule has 28 nitrogen and oxygen atoms in total. The summed E-state index contributed by atoms with van der Waals surface area (Å²) in [6.45, 7) is 2.13. The molecule has 2 fully saturated rings. The predicted octanol–water partition coefficient (Wildman–Crippen LogP) is -2.65. The number of thioether (sulfide) groups is 1. The number of hydrogen-bond acceptors (Lipinski definition) is 26. The Balaban J connectivity index is 1.09. The van der Waals surface area contributed by atoms with Gasteiger partial charge in [0.2, 0.25) is 11.8 Å². The highest BCUT2D eigenvalue weighted by molar-refractivity contribution is 8.13. The molecule has 2 aliphatic rings. The first kappa shape index (κ1) is 57.0. The van der Waals surface area contributed by atoms with Gasteiger partial charge in [-0.15, -0.1) is 0 Å². The number of carbonyl (C=O) groups is 3. The van der Waals surface area contributed by atoms with Crippen molar-refractivity contribution < 1.29 is 100 Å². The third-order valence-electron chi connectivity index (χ3n) is 10.2. The quantitative estimate of drug-likeness (QED) is 0.0338. The lowest BCUT2D eigenvalue weighted by atomic mass is 9.87. The molecule has 0 saturated carbocycles. The zero-order valence-corrected chi connectivity index (χ0v) is 40.1. The van der Waals surface area contributed by atoms with Crippen molar-refractivity contribution in [2.24, 2.45) is 5.41 Å². The highest BCUT2D eigenvalue weighted by Gasteiger charge is 2.47. The minimum absolute atomic E-state index is 0.0279. The van der Waals surface area contributed by atoms with E-state index in [0.29, 0.717) is 25.2 Å². The highest BCUT2D eigenvalue weighted by Crippen LogP contribution is 2.56. The van der Waals surface area contributed by atoms with Crippen LogP contribution >= 0.6 is 35.2 Å². The van der Waals surface area contributed by atoms with Crippen molar-refractivity contribution in [3.05, 3.63) is 12.7 Å². The van der Waals surface area contributed by atoms with E-state index in [1.54, 1.807) is 6.92 Å². The number of unbranched alkanes of at least 4 members (excludes halogenated alkanes) is 4. The van der Waals surface area contributed by atoms with E-state index in [4.69, 9.17) is 19.9 Å². The maximum atomic E-state index is 12.6. The van der Waals surface area contributed by atoms with Crippen molar-refractivity contribution in [2.75, 3.05) is 44.4 Å². The Morgan fingerprint density at radius 1 is 0.955 bits per heavy atom. The Kier molecular flexibility index (Phi) is 21.7. The molecule has 2 saturated heterocycles. The van der Waals surface area contributed by atoms with Crippen LogP contribution in [0.5, 0.6) is 0 Å². The largest absolute Gasteiger partial charge is 0.790 e. The topological polar surface area (TPSA) is 434 Å². The monoisotopic (exact) mass is 1040 g/mol. The van der Waals surface area contributed by atoms with Crippen LogP contribution < -0.4 is 35.9 Å². The highest BCUT2D eigenvalue weighted by atomic mass is 32.2. The van der Waals surface area contributed by atoms with Gasteiger partial charge in [0, 0.05) is 50.1 Å². The van der Waals surface area contributed by atoms with Crippen molar-refractivity contribution in [3.8, 4) is 0 Å². The third-order valence-corrected chi connectivity index (χ3v) is 14.2. The molecule has 382 valence electrons. The molecule has 0 radical (unpaired) electrons. The van der Waals surface area contributed by atoms with Gasteiger partial charge in [0.1, 0.15) is 42.4 Å². The first-order valence-corrected chi connectivity index (χ1v) is 26.3. The van der Waals surface area contributed by atoms with Crippen molar-refractivity contribution in [2.45, 2.75) is 127 Å². The van der Waals surface area contributed by atoms with E-state index >= 15 is 0 Å². The normalized spacial score (nSPS) is 25.9. The molecule has 0 aromatic carbocycles. The predicted molar refractivity (Wildman–Crippen MR) is 223 cm³/mol. The van der Waals surface area contributed by atoms with Gasteiger partial charge in [-0.3, -0.25) is 28.1 Å². The molecule has 0 bridgehead atoms. The summed E-state index contributed by atoms with van der Waals surface area (Å²) in [4.78, 5) is 96.7. The second-order valence-electron chi connectivity index (χ2n) is 16.2. The number of carbonyl (C=O) groups excluding carboxylic acids is 3. The van der Waals surface area contributed by atoms with Crippen LogP contribution in [0, 0.1) is 5.41 Å². The molecule has 8 N–H and O–H groups in total. The van der Waals surface area contributed by atoms with E-state index in [1.807, 2.05) is 0 Å². The Morgan fingerprint density at radius 2 is 1.64 bits per heavy atom. The fourth-order valence-corrected chi connectivity index (χ4v) is 10.00. The maximum absolute atomic E-state index is 12.6. The number of aliphatic hydroxyl groups excluding tert-OH is 4. The van der Waals surface area contributed by atoms with Crippen LogP contribution in [0.25, 0.3) is 11.2 Å². The lowest BCUT2D eigenvalue weighted by Crippen LogP contribution is -2.47. The van der Waals surface area contributed by atoms with Crippen molar-refractivity contribution >= 4 is 69.1 Å². The van der Waals surface area contributed by atoms with E-state index < -0.39 is 109 Å². The van der Waals surface area contributed by atoms with E-state index in [0.717, 1.165) is 54.7 Å². The summed E-state index contributed by atoms with van der Waals surface area (Å²) in [5.41, 5.74) is 4.05. The van der Waals surface area contributed by atoms with Gasteiger partial charge in [-0.05, 0) is 19.8 Å². The molecule has 2 aromatic heterocycles. The molecule has 11 atom stereocenters. The molecule has 2 unspecified atom stereocenters. The van der Waals surface area contributed by atoms with Gasteiger partial charge < -0.3 is 88.7 Å². The number of imidazole rings is 1. The third kappa shape index (κ3) is 18.3. The summed E-state index contributed by atoms with van der Waals surface area (Å²) < 4.78 is 71.8. The summed E-state index contributed by atoms with van der Waals surface area (Å²) in [5.74, 6) is -1.27. The molecule has 4 heterocycles. The number of aromatic nitrogens is 4. The average molecular weight is 1040 g/mol. The fraction of sp³-hybridized carbons (Fsp3) is 0.771. The second-order valence-corrected chi connectivity index (χ2v) is 21.4. The number of rotatable bonds is 28. The number of nitrogens with two attached hydrogens (primary N) is 1. The van der Waals surface area contributed by atoms with Crippen LogP contribution in [-0.4, -0.2) is 145 Å². The number of nitrogen functional groups attached to an aromatic ring is 1. The van der Waals surface area contributed by atoms with Crippen molar-refractivity contribution in [1.29, 1.82) is 0 Å². The van der Waals surface area contributed by atoms with Crippen LogP contribution in [-0.2, 0) is 60.2 Å². The van der Waals surface area contributed by atoms with Crippen LogP contribution in [0.15, 0.2) is 12.7 Å². The fourth-order valence-electron chi connectivity index (χ4n) is 6.54. The number of nitrogens with one attached hydrogen (secondary N) is 2. The molecule has 4 rings (SSSR count). The summed E-state index contributed by atoms with van der Waals surface area (Å²) >= 11 is 1.07. The lowest BCUT2D eigenvalue weighted by molar-refractivity contribution is -0.347. The van der Waals surface area contributed by atoms with Crippen LogP contribution in [0.3, 0.4) is 0 Å². The van der Waals surface area contributed by atoms with Crippen LogP contribution in [0.4, 0.5) is 5.82 Å². The number of phosphoric acid groups is 3. The second kappa shape index (κ2) is 25.5. The Morgan fingerprint density at radius 3 is 2.36 bits per heavy atom. The number of amides is 2. The maximum Gasteiger partial charge on any atom is 0.274 e. The summed E-state index contributed by atoms with van der Waals surface area (Å²) in [7, 11) is -17.7. The van der Waals surface area contributed by atoms with Gasteiger partial charge >= 0.3 is 0 Å². The van der Waals surface area contributed by atoms with Crippen molar-refractivity contribution in [3.63, 3.8) is 0 Å². The Bertz CT molecular complexity index is 2100. The van der Waals surface area contributed by atoms with E-state index in [9.17, 15) is 68.1 Å². The number of aliphatic hydroxyl groups is 4. The van der Waals surface area contributed by atoms with E-state index in [1.165, 1.54) is 13.8 Å². The van der Waals surface area contributed by atoms with E-state index in [2.05, 4.69) is 43.5 Å². The number of nitrogens with zero attached hydrogens (tertiary/aromatic N) is 4. The van der Waals surface area contributed by atoms with Gasteiger partial charge in [0.05, 0.1) is 39.6 Å². The molecular formula is C35H56N7O21P3S-4. The minimum Gasteiger partial charge on any atom is -0.790 e. The Labute approximate surface area is 388 Å². The van der Waals surface area contributed by atoms with Gasteiger partial charge in [0.25, 0.3) is 15.6 Å². The molecule has 2 amide bonds. The molecule has 32 heteroatoms. The molecule has 2 aromatic rings. The first-order valence-electron chi connectivity index (χ1n) is 20.9. The lowest BCUT2D eigenvalue weighted by Gasteiger charge is -2.36. The van der Waals surface area contributed by atoms with E-state index in [-0.39, 0.29) is 48.0 Å². The first-order chi connectivity index (χ1) is 31.3. The number of hydrogen-bond donors (Lipinski definition) is 7. The molecule has 2 aliphatic heterocycles. The number of ether oxygens (including phenoxy) is 3. The summed E-state index contributed by atoms with van der Waals surface area (Å²) in [6.07, 6.45) is -5.85. The van der Waals surface area contributed by atoms with Gasteiger partial charge in [0.15, 0.2) is 29.1 Å². The standard InChI is InChI=1S/C35H60N7O21P3S/c1-20-21(43)15-22(44)34(60-20)57-13-8-6-4-5-7-9-25(46)67-14-12-37-24(45)10-11-38-32(49)29(48)35(2,3)17-59-66(55,56)63-65(53,54)58-16-23-28(62-64(50,51)52)27(47)33(61-23)42-19-41-26-30(36)39-18-40-31(26)42/h18-23,27-29,33-34,43-44,47-48H,4-17H2,1-3H3,(H,37,45)(H,38,49)(H,53,54)(H,55,56)(H2,36,39,40)(H2,50,51,52)/p-4/t20-,21+,22+,23+,27+,28+,29-,33+,34+/m0/s1. The molecular weight excluding hydrogens is 979 g/mol. The molecule has 0 spiro atoms. The minimum atomic E-state index is -5.93. The number of phosphoric ester groups is 3. The van der Waals surface area contributed by atoms with Crippen molar-refractivity contribution in [1.82, 2.24) is 30.2 Å². The SMILES string of the molecule is C[C@@H]1O[C@@H](OCCCCCCCC(=O)SCCNC(=O)CCNC(=O)[C@H](O)C(C)(C)COP(=O)([O-])OP(=O)([O-])OC[C@H]2O[C@@H](n3cnc4c(N)ncnc43)[C@H](O)[C@@H]2OP(=O)([O-])[O-])[C@H](O)C[C@H]1O. The van der Waals surface area contributed by atoms with Gasteiger partial charge in [-0.25, -0.2) is 19.3 Å². The molecule has 67 heavy (non-hydrogen) atoms. The zero-order valence-electron chi connectivity index (χ0n) is 36.6. The average Bonchev–Trinajstić information content (AvgIpc) is 3.80. The van der Waals surface area contributed by atoms with Gasteiger partial charge in [-0.1, -0.05) is 44.9 Å².